The summed E-state index contributed by atoms with van der Waals surface area (Å²) in [4.78, 5) is 5.02. The lowest BCUT2D eigenvalue weighted by Crippen LogP contribution is -2.08. The van der Waals surface area contributed by atoms with Crippen LogP contribution in [0.4, 0.5) is 0 Å². The number of aliphatic hydroxyl groups is 1. The van der Waals surface area contributed by atoms with E-state index in [9.17, 15) is 0 Å². The number of hydrogen-bond donors (Lipinski definition) is 1. The second-order valence-electron chi connectivity index (χ2n) is 2.54. The molecule has 0 radical (unpaired) electrons. The quantitative estimate of drug-likeness (QED) is 0.638. The molecule has 3 nitrogen and oxygen atoms in total. The van der Waals surface area contributed by atoms with Gasteiger partial charge in [0.2, 0.25) is 0 Å². The van der Waals surface area contributed by atoms with E-state index < -0.39 is 0 Å². The molecule has 1 aliphatic rings. The number of oxime groups is 1. The summed E-state index contributed by atoms with van der Waals surface area (Å²) in [6, 6.07) is 0. The van der Waals surface area contributed by atoms with Crippen molar-refractivity contribution in [2.75, 3.05) is 6.61 Å². The molecule has 0 bridgehead atoms. The molecule has 0 aromatic carbocycles. The third kappa shape index (κ3) is 1.70. The molecule has 0 aliphatic carbocycles. The van der Waals surface area contributed by atoms with Crippen LogP contribution in [0.15, 0.2) is 5.16 Å². The lowest BCUT2D eigenvalue weighted by molar-refractivity contribution is 0.0785. The van der Waals surface area contributed by atoms with Crippen molar-refractivity contribution in [3.05, 3.63) is 0 Å². The Hall–Kier alpha value is -0.570. The minimum Gasteiger partial charge on any atom is -0.392 e. The highest BCUT2D eigenvalue weighted by molar-refractivity contribution is 5.86. The average Bonchev–Trinajstić information content (AvgIpc) is 2.37. The first kappa shape index (κ1) is 7.54. The summed E-state index contributed by atoms with van der Waals surface area (Å²) in [5, 5.41) is 12.4. The molecule has 0 saturated heterocycles. The molecule has 0 spiro atoms. The standard InChI is InChI=1S/C7H13NO2/c1-2-3-7-4-6(5-9)8-10-7/h7,9H,2-5H2,1H3/t7-/m0/s1. The zero-order valence-electron chi connectivity index (χ0n) is 6.21. The van der Waals surface area contributed by atoms with Gasteiger partial charge in [-0.05, 0) is 6.42 Å². The smallest absolute Gasteiger partial charge is 0.132 e. The zero-order valence-corrected chi connectivity index (χ0v) is 6.21. The minimum absolute atomic E-state index is 0.0419. The van der Waals surface area contributed by atoms with Crippen LogP contribution < -0.4 is 0 Å². The predicted octanol–water partition coefficient (Wildman–Crippen LogP) is 0.924. The predicted molar refractivity (Wildman–Crippen MR) is 38.9 cm³/mol. The fourth-order valence-electron chi connectivity index (χ4n) is 1.06. The van der Waals surface area contributed by atoms with E-state index in [0.717, 1.165) is 25.0 Å². The Kier molecular flexibility index (Phi) is 2.68. The van der Waals surface area contributed by atoms with E-state index in [-0.39, 0.29) is 12.7 Å². The molecule has 0 saturated carbocycles. The topological polar surface area (TPSA) is 41.8 Å². The maximum atomic E-state index is 8.64. The van der Waals surface area contributed by atoms with Crippen LogP contribution in [0.25, 0.3) is 0 Å². The van der Waals surface area contributed by atoms with Gasteiger partial charge in [0.25, 0.3) is 0 Å². The van der Waals surface area contributed by atoms with E-state index in [1.54, 1.807) is 0 Å². The Morgan fingerprint density at radius 3 is 3.10 bits per heavy atom. The fourth-order valence-corrected chi connectivity index (χ4v) is 1.06. The highest BCUT2D eigenvalue weighted by Gasteiger charge is 2.18. The molecular weight excluding hydrogens is 130 g/mol. The second-order valence-corrected chi connectivity index (χ2v) is 2.54. The molecule has 0 unspecified atom stereocenters. The zero-order chi connectivity index (χ0) is 7.40. The Morgan fingerprint density at radius 1 is 1.80 bits per heavy atom. The van der Waals surface area contributed by atoms with Gasteiger partial charge in [-0.2, -0.15) is 0 Å². The second kappa shape index (κ2) is 3.56. The molecule has 1 N–H and O–H groups in total. The van der Waals surface area contributed by atoms with Crippen LogP contribution in [0.1, 0.15) is 26.2 Å². The van der Waals surface area contributed by atoms with Crippen molar-refractivity contribution in [3.8, 4) is 0 Å². The van der Waals surface area contributed by atoms with E-state index in [4.69, 9.17) is 9.94 Å². The molecule has 10 heavy (non-hydrogen) atoms. The van der Waals surface area contributed by atoms with Crippen molar-refractivity contribution in [2.24, 2.45) is 5.16 Å². The van der Waals surface area contributed by atoms with Crippen molar-refractivity contribution in [3.63, 3.8) is 0 Å². The van der Waals surface area contributed by atoms with E-state index in [0.29, 0.717) is 0 Å². The highest BCUT2D eigenvalue weighted by Crippen LogP contribution is 2.14. The van der Waals surface area contributed by atoms with Crippen LogP contribution in [0.3, 0.4) is 0 Å². The summed E-state index contributed by atoms with van der Waals surface area (Å²) in [7, 11) is 0. The van der Waals surface area contributed by atoms with Gasteiger partial charge >= 0.3 is 0 Å². The Balaban J connectivity index is 2.22. The summed E-state index contributed by atoms with van der Waals surface area (Å²) in [5.41, 5.74) is 0.776. The number of nitrogens with zero attached hydrogens (tertiary/aromatic N) is 1. The third-order valence-electron chi connectivity index (χ3n) is 1.59. The van der Waals surface area contributed by atoms with E-state index in [1.807, 2.05) is 0 Å². The van der Waals surface area contributed by atoms with Crippen LogP contribution in [-0.2, 0) is 4.84 Å². The molecule has 0 aromatic rings. The highest BCUT2D eigenvalue weighted by atomic mass is 16.6. The maximum absolute atomic E-state index is 8.64. The van der Waals surface area contributed by atoms with Crippen LogP contribution >= 0.6 is 0 Å². The van der Waals surface area contributed by atoms with E-state index in [1.165, 1.54) is 0 Å². The van der Waals surface area contributed by atoms with Crippen molar-refractivity contribution >= 4 is 5.71 Å². The summed E-state index contributed by atoms with van der Waals surface area (Å²) in [6.45, 7) is 2.15. The first-order valence-corrected chi connectivity index (χ1v) is 3.69. The number of rotatable bonds is 3. The molecule has 1 heterocycles. The summed E-state index contributed by atoms with van der Waals surface area (Å²) < 4.78 is 0. The monoisotopic (exact) mass is 143 g/mol. The van der Waals surface area contributed by atoms with Gasteiger partial charge in [0.05, 0.1) is 12.3 Å². The molecule has 0 aromatic heterocycles. The van der Waals surface area contributed by atoms with Crippen LogP contribution in [0.2, 0.25) is 0 Å². The van der Waals surface area contributed by atoms with E-state index in [2.05, 4.69) is 12.1 Å². The Bertz CT molecular complexity index is 134. The average molecular weight is 143 g/mol. The van der Waals surface area contributed by atoms with Gasteiger partial charge in [-0.3, -0.25) is 0 Å². The summed E-state index contributed by atoms with van der Waals surface area (Å²) in [5.74, 6) is 0. The van der Waals surface area contributed by atoms with E-state index >= 15 is 0 Å². The first-order valence-electron chi connectivity index (χ1n) is 3.69. The molecule has 58 valence electrons. The van der Waals surface area contributed by atoms with Gasteiger partial charge in [-0.15, -0.1) is 0 Å². The van der Waals surface area contributed by atoms with Crippen molar-refractivity contribution in [1.29, 1.82) is 0 Å². The van der Waals surface area contributed by atoms with Gasteiger partial charge in [-0.1, -0.05) is 18.5 Å². The Labute approximate surface area is 60.7 Å². The largest absolute Gasteiger partial charge is 0.392 e. The van der Waals surface area contributed by atoms with Gasteiger partial charge in [0.15, 0.2) is 0 Å². The van der Waals surface area contributed by atoms with Crippen LogP contribution in [-0.4, -0.2) is 23.5 Å². The van der Waals surface area contributed by atoms with Gasteiger partial charge in [0.1, 0.15) is 6.10 Å². The molecule has 0 amide bonds. The van der Waals surface area contributed by atoms with Crippen molar-refractivity contribution in [1.82, 2.24) is 0 Å². The SMILES string of the molecule is CCC[C@H]1CC(CO)=NO1. The Morgan fingerprint density at radius 2 is 2.60 bits per heavy atom. The summed E-state index contributed by atoms with van der Waals surface area (Å²) in [6.07, 6.45) is 3.18. The molecule has 1 atom stereocenters. The van der Waals surface area contributed by atoms with Crippen LogP contribution in [0, 0.1) is 0 Å². The maximum Gasteiger partial charge on any atom is 0.132 e. The number of aliphatic hydroxyl groups excluding tert-OH is 1. The molecular formula is C7H13NO2. The van der Waals surface area contributed by atoms with Crippen molar-refractivity contribution in [2.45, 2.75) is 32.3 Å². The van der Waals surface area contributed by atoms with Gasteiger partial charge in [-0.25, -0.2) is 0 Å². The van der Waals surface area contributed by atoms with Crippen LogP contribution in [0.5, 0.6) is 0 Å². The van der Waals surface area contributed by atoms with Crippen molar-refractivity contribution < 1.29 is 9.94 Å². The molecule has 0 fully saturated rings. The fraction of sp³-hybridized carbons (Fsp3) is 0.857. The summed E-state index contributed by atoms with van der Waals surface area (Å²) >= 11 is 0. The molecule has 3 heteroatoms. The normalized spacial score (nSPS) is 24.2. The molecule has 1 aliphatic heterocycles. The minimum atomic E-state index is 0.0419. The number of hydrogen-bond acceptors (Lipinski definition) is 3. The lowest BCUT2D eigenvalue weighted by atomic mass is 10.1. The lowest BCUT2D eigenvalue weighted by Gasteiger charge is -2.03. The molecule has 1 rings (SSSR count). The van der Waals surface area contributed by atoms with Gasteiger partial charge < -0.3 is 9.94 Å². The van der Waals surface area contributed by atoms with Gasteiger partial charge in [0, 0.05) is 6.42 Å². The first-order chi connectivity index (χ1) is 4.86. The third-order valence-corrected chi connectivity index (χ3v) is 1.59.